The van der Waals surface area contributed by atoms with Gasteiger partial charge in [-0.1, -0.05) is 0 Å². The van der Waals surface area contributed by atoms with Gasteiger partial charge in [0.25, 0.3) is 11.8 Å². The molecule has 0 bridgehead atoms. The molecule has 1 aromatic heterocycles. The van der Waals surface area contributed by atoms with Crippen LogP contribution in [0, 0.1) is 0 Å². The first-order chi connectivity index (χ1) is 11.4. The topological polar surface area (TPSA) is 50.6 Å². The van der Waals surface area contributed by atoms with Crippen molar-refractivity contribution in [3.63, 3.8) is 0 Å². The molecule has 0 saturated carbocycles. The van der Waals surface area contributed by atoms with Crippen LogP contribution in [0.4, 0.5) is 8.78 Å². The van der Waals surface area contributed by atoms with Crippen LogP contribution in [-0.2, 0) is 11.3 Å². The van der Waals surface area contributed by atoms with Gasteiger partial charge in [-0.3, -0.25) is 14.4 Å². The summed E-state index contributed by atoms with van der Waals surface area (Å²) >= 11 is 0. The second-order valence-corrected chi connectivity index (χ2v) is 6.47. The maximum Gasteiger partial charge on any atom is 0.274 e. The molecule has 3 heterocycles. The van der Waals surface area contributed by atoms with Gasteiger partial charge < -0.3 is 9.64 Å². The zero-order valence-electron chi connectivity index (χ0n) is 14.1. The van der Waals surface area contributed by atoms with Crippen LogP contribution in [0.1, 0.15) is 30.8 Å². The van der Waals surface area contributed by atoms with Crippen molar-refractivity contribution >= 4 is 5.91 Å². The Labute approximate surface area is 140 Å². The minimum Gasteiger partial charge on any atom is -0.380 e. The first-order valence-electron chi connectivity index (χ1n) is 8.47. The summed E-state index contributed by atoms with van der Waals surface area (Å²) in [5, 5.41) is 4.20. The van der Waals surface area contributed by atoms with Gasteiger partial charge in [-0.05, 0) is 19.9 Å². The van der Waals surface area contributed by atoms with Crippen molar-refractivity contribution in [2.24, 2.45) is 0 Å². The first-order valence-corrected chi connectivity index (χ1v) is 8.47. The largest absolute Gasteiger partial charge is 0.380 e. The normalized spacial score (nSPS) is 24.3. The predicted octanol–water partition coefficient (Wildman–Crippen LogP) is 1.47. The number of carbonyl (C=O) groups excluding carboxylic acids is 1. The number of likely N-dealkylation sites (tertiary alicyclic amines) is 2. The van der Waals surface area contributed by atoms with Crippen LogP contribution in [-0.4, -0.2) is 76.3 Å². The highest BCUT2D eigenvalue weighted by atomic mass is 19.3. The Morgan fingerprint density at radius 2 is 2.17 bits per heavy atom. The first kappa shape index (κ1) is 17.3. The van der Waals surface area contributed by atoms with Crippen molar-refractivity contribution in [3.05, 3.63) is 18.0 Å². The van der Waals surface area contributed by atoms with Crippen molar-refractivity contribution in [2.45, 2.75) is 44.8 Å². The monoisotopic (exact) mass is 342 g/mol. The Balaban J connectivity index is 1.57. The third-order valence-corrected chi connectivity index (χ3v) is 4.73. The summed E-state index contributed by atoms with van der Waals surface area (Å²) in [5.74, 6) is -2.81. The summed E-state index contributed by atoms with van der Waals surface area (Å²) in [6.45, 7) is 6.04. The molecule has 0 aromatic carbocycles. The zero-order chi connectivity index (χ0) is 17.3. The number of nitrogens with zero attached hydrogens (tertiary/aromatic N) is 4. The highest BCUT2D eigenvalue weighted by Crippen LogP contribution is 2.35. The summed E-state index contributed by atoms with van der Waals surface area (Å²) in [4.78, 5) is 15.8. The number of aromatic nitrogens is 2. The maximum atomic E-state index is 13.8. The lowest BCUT2D eigenvalue weighted by Gasteiger charge is -2.45. The Bertz CT molecular complexity index is 586. The average molecular weight is 342 g/mol. The van der Waals surface area contributed by atoms with Crippen LogP contribution in [0.15, 0.2) is 12.3 Å². The molecule has 1 atom stereocenters. The van der Waals surface area contributed by atoms with E-state index in [2.05, 4.69) is 5.10 Å². The molecule has 2 saturated heterocycles. The second kappa shape index (κ2) is 6.76. The summed E-state index contributed by atoms with van der Waals surface area (Å²) < 4.78 is 34.6. The molecular weight excluding hydrogens is 318 g/mol. The van der Waals surface area contributed by atoms with Crippen LogP contribution in [0.3, 0.4) is 0 Å². The van der Waals surface area contributed by atoms with E-state index in [0.29, 0.717) is 38.5 Å². The van der Waals surface area contributed by atoms with E-state index < -0.39 is 5.92 Å². The quantitative estimate of drug-likeness (QED) is 0.786. The number of carbonyl (C=O) groups is 1. The third-order valence-electron chi connectivity index (χ3n) is 4.73. The van der Waals surface area contributed by atoms with E-state index in [9.17, 15) is 13.6 Å². The van der Waals surface area contributed by atoms with Gasteiger partial charge in [0.05, 0.1) is 13.2 Å². The van der Waals surface area contributed by atoms with E-state index in [-0.39, 0.29) is 31.0 Å². The van der Waals surface area contributed by atoms with Gasteiger partial charge in [0, 0.05) is 50.9 Å². The number of rotatable bonds is 6. The Kier molecular flexibility index (Phi) is 4.87. The van der Waals surface area contributed by atoms with Crippen molar-refractivity contribution in [1.29, 1.82) is 0 Å². The Morgan fingerprint density at radius 3 is 2.79 bits per heavy atom. The molecule has 2 aliphatic heterocycles. The third kappa shape index (κ3) is 3.44. The van der Waals surface area contributed by atoms with E-state index in [1.165, 1.54) is 0 Å². The Hall–Kier alpha value is -1.54. The molecule has 2 fully saturated rings. The zero-order valence-corrected chi connectivity index (χ0v) is 14.1. The molecule has 0 unspecified atom stereocenters. The molecule has 8 heteroatoms. The minimum atomic E-state index is -2.67. The fraction of sp³-hybridized carbons (Fsp3) is 0.750. The molecule has 24 heavy (non-hydrogen) atoms. The van der Waals surface area contributed by atoms with Gasteiger partial charge >= 0.3 is 0 Å². The highest BCUT2D eigenvalue weighted by molar-refractivity contribution is 5.92. The summed E-state index contributed by atoms with van der Waals surface area (Å²) in [5.41, 5.74) is 0.410. The summed E-state index contributed by atoms with van der Waals surface area (Å²) in [7, 11) is 0. The molecule has 1 amide bonds. The van der Waals surface area contributed by atoms with E-state index in [0.717, 1.165) is 0 Å². The van der Waals surface area contributed by atoms with Gasteiger partial charge in [0.2, 0.25) is 0 Å². The highest BCUT2D eigenvalue weighted by Gasteiger charge is 2.50. The number of amides is 1. The van der Waals surface area contributed by atoms with Crippen LogP contribution in [0.5, 0.6) is 0 Å². The van der Waals surface area contributed by atoms with Gasteiger partial charge in [0.1, 0.15) is 5.69 Å². The van der Waals surface area contributed by atoms with Gasteiger partial charge in [0.15, 0.2) is 0 Å². The van der Waals surface area contributed by atoms with Crippen molar-refractivity contribution < 1.29 is 18.3 Å². The average Bonchev–Trinajstić information content (AvgIpc) is 3.08. The molecule has 3 rings (SSSR count). The van der Waals surface area contributed by atoms with Crippen molar-refractivity contribution in [1.82, 2.24) is 19.6 Å². The van der Waals surface area contributed by atoms with Crippen molar-refractivity contribution in [3.8, 4) is 0 Å². The molecule has 0 spiro atoms. The fourth-order valence-corrected chi connectivity index (χ4v) is 3.40. The fourth-order valence-electron chi connectivity index (χ4n) is 3.40. The summed E-state index contributed by atoms with van der Waals surface area (Å²) in [6.07, 6.45) is 1.60. The maximum absolute atomic E-state index is 13.8. The molecule has 2 aliphatic rings. The van der Waals surface area contributed by atoms with Crippen LogP contribution < -0.4 is 0 Å². The lowest BCUT2D eigenvalue weighted by atomic mass is 10.1. The van der Waals surface area contributed by atoms with Gasteiger partial charge in [-0.2, -0.15) is 5.10 Å². The van der Waals surface area contributed by atoms with Crippen molar-refractivity contribution in [2.75, 3.05) is 32.8 Å². The van der Waals surface area contributed by atoms with Crippen LogP contribution in [0.25, 0.3) is 0 Å². The summed E-state index contributed by atoms with van der Waals surface area (Å²) in [6, 6.07) is 1.39. The molecule has 0 radical (unpaired) electrons. The predicted molar refractivity (Wildman–Crippen MR) is 84.1 cm³/mol. The molecule has 134 valence electrons. The minimum absolute atomic E-state index is 0.0268. The molecule has 6 nitrogen and oxygen atoms in total. The van der Waals surface area contributed by atoms with E-state index in [1.54, 1.807) is 21.8 Å². The lowest BCUT2D eigenvalue weighted by molar-refractivity contribution is -0.0150. The number of aryl methyl sites for hydroxylation is 1. The number of alkyl halides is 2. The van der Waals surface area contributed by atoms with Crippen LogP contribution in [0.2, 0.25) is 0 Å². The van der Waals surface area contributed by atoms with E-state index in [4.69, 9.17) is 4.74 Å². The smallest absolute Gasteiger partial charge is 0.274 e. The lowest BCUT2D eigenvalue weighted by Crippen LogP contribution is -2.62. The number of halogens is 2. The molecule has 1 aromatic rings. The molecule has 0 aliphatic carbocycles. The SMILES string of the molecule is CCOC[C@@H]1CC(F)(F)CN1C1CN(C(=O)c2ccn(CC)n2)C1. The molecule has 0 N–H and O–H groups in total. The van der Waals surface area contributed by atoms with E-state index >= 15 is 0 Å². The number of hydrogen-bond donors (Lipinski definition) is 0. The second-order valence-electron chi connectivity index (χ2n) is 6.47. The standard InChI is InChI=1S/C16H24F2N4O2/c1-3-21-6-5-14(19-21)15(23)20-8-13(9-20)22-11-16(17,18)7-12(22)10-24-4-2/h5-6,12-13H,3-4,7-11H2,1-2H3/t12-/m0/s1. The van der Waals surface area contributed by atoms with Gasteiger partial charge in [-0.25, -0.2) is 8.78 Å². The molecular formula is C16H24F2N4O2. The number of ether oxygens (including phenoxy) is 1. The number of hydrogen-bond acceptors (Lipinski definition) is 4. The van der Waals surface area contributed by atoms with Gasteiger partial charge in [-0.15, -0.1) is 0 Å². The van der Waals surface area contributed by atoms with Crippen LogP contribution >= 0.6 is 0 Å². The van der Waals surface area contributed by atoms with E-state index in [1.807, 2.05) is 18.7 Å². The Morgan fingerprint density at radius 1 is 1.42 bits per heavy atom.